The van der Waals surface area contributed by atoms with Crippen LogP contribution in [0.1, 0.15) is 39.7 Å². The van der Waals surface area contributed by atoms with Gasteiger partial charge in [-0.15, -0.1) is 0 Å². The number of amides is 2. The highest BCUT2D eigenvalue weighted by Crippen LogP contribution is 2.33. The normalized spacial score (nSPS) is 12.7. The van der Waals surface area contributed by atoms with Gasteiger partial charge in [0.2, 0.25) is 11.8 Å². The van der Waals surface area contributed by atoms with E-state index < -0.39 is 28.5 Å². The number of rotatable bonds is 13. The molecule has 0 aliphatic carbocycles. The molecule has 3 rings (SSSR count). The highest BCUT2D eigenvalue weighted by Gasteiger charge is 2.34. The first kappa shape index (κ1) is 31.0. The number of carbonyl (C=O) groups is 2. The average molecular weight is 586 g/mol. The predicted octanol–water partition coefficient (Wildman–Crippen LogP) is 5.27. The van der Waals surface area contributed by atoms with Crippen LogP contribution < -0.4 is 14.4 Å². The third-order valence-corrected chi connectivity index (χ3v) is 8.65. The van der Waals surface area contributed by atoms with Crippen molar-refractivity contribution in [1.29, 1.82) is 0 Å². The lowest BCUT2D eigenvalue weighted by molar-refractivity contribution is -0.139. The maximum Gasteiger partial charge on any atom is 0.264 e. The Balaban J connectivity index is 2.07. The van der Waals surface area contributed by atoms with E-state index in [0.717, 1.165) is 4.31 Å². The van der Waals surface area contributed by atoms with Gasteiger partial charge in [-0.2, -0.15) is 0 Å². The molecule has 0 saturated carbocycles. The minimum Gasteiger partial charge on any atom is -0.492 e. The van der Waals surface area contributed by atoms with E-state index in [1.165, 1.54) is 17.0 Å². The van der Waals surface area contributed by atoms with Gasteiger partial charge in [0.25, 0.3) is 10.0 Å². The Morgan fingerprint density at radius 3 is 2.20 bits per heavy atom. The fourth-order valence-corrected chi connectivity index (χ4v) is 5.67. The first-order valence-electron chi connectivity index (χ1n) is 13.2. The molecule has 0 aliphatic rings. The summed E-state index contributed by atoms with van der Waals surface area (Å²) in [5.41, 5.74) is 0.851. The van der Waals surface area contributed by atoms with Crippen molar-refractivity contribution in [3.63, 3.8) is 0 Å². The number of sulfonamides is 1. The average Bonchev–Trinajstić information content (AvgIpc) is 2.96. The van der Waals surface area contributed by atoms with E-state index in [0.29, 0.717) is 29.4 Å². The maximum atomic E-state index is 14.0. The van der Waals surface area contributed by atoms with Gasteiger partial charge in [0, 0.05) is 17.6 Å². The standard InChI is InChI=1S/C30H36ClN3O5S/c1-5-22(3)32-30(36)23(4)33(20-24-14-10-11-17-26(24)31)29(35)21-34(27-18-12-13-19-28(27)39-6-2)40(37,38)25-15-8-7-9-16-25/h7-19,22-23H,5-6,20-21H2,1-4H3,(H,32,36)/t22-,23+/m1/s1. The zero-order valence-electron chi connectivity index (χ0n) is 23.2. The molecule has 0 heterocycles. The van der Waals surface area contributed by atoms with E-state index in [2.05, 4.69) is 5.32 Å². The van der Waals surface area contributed by atoms with Gasteiger partial charge in [-0.25, -0.2) is 8.42 Å². The molecular formula is C30H36ClN3O5S. The fraction of sp³-hybridized carbons (Fsp3) is 0.333. The van der Waals surface area contributed by atoms with Gasteiger partial charge >= 0.3 is 0 Å². The summed E-state index contributed by atoms with van der Waals surface area (Å²) in [6.45, 7) is 6.99. The molecule has 3 aromatic carbocycles. The Bertz CT molecular complexity index is 1400. The molecule has 1 N–H and O–H groups in total. The van der Waals surface area contributed by atoms with Crippen molar-refractivity contribution in [2.45, 2.75) is 57.6 Å². The van der Waals surface area contributed by atoms with Crippen molar-refractivity contribution in [3.8, 4) is 5.75 Å². The van der Waals surface area contributed by atoms with Crippen LogP contribution in [0, 0.1) is 0 Å². The number of hydrogen-bond donors (Lipinski definition) is 1. The number of halogens is 1. The molecule has 0 radical (unpaired) electrons. The first-order chi connectivity index (χ1) is 19.1. The molecule has 2 atom stereocenters. The monoisotopic (exact) mass is 585 g/mol. The van der Waals surface area contributed by atoms with Crippen molar-refractivity contribution >= 4 is 39.1 Å². The molecular weight excluding hydrogens is 550 g/mol. The molecule has 0 aliphatic heterocycles. The summed E-state index contributed by atoms with van der Waals surface area (Å²) >= 11 is 6.41. The van der Waals surface area contributed by atoms with Crippen molar-refractivity contribution in [2.24, 2.45) is 0 Å². The van der Waals surface area contributed by atoms with Crippen LogP contribution in [0.4, 0.5) is 5.69 Å². The Labute approximate surface area is 241 Å². The molecule has 0 saturated heterocycles. The van der Waals surface area contributed by atoms with Crippen LogP contribution in [-0.2, 0) is 26.2 Å². The fourth-order valence-electron chi connectivity index (χ4n) is 4.03. The van der Waals surface area contributed by atoms with E-state index >= 15 is 0 Å². The van der Waals surface area contributed by atoms with Gasteiger partial charge in [0.1, 0.15) is 18.3 Å². The minimum absolute atomic E-state index is 0.0138. The third kappa shape index (κ3) is 7.55. The van der Waals surface area contributed by atoms with Crippen LogP contribution in [0.5, 0.6) is 5.75 Å². The Morgan fingerprint density at radius 2 is 1.55 bits per heavy atom. The van der Waals surface area contributed by atoms with Crippen molar-refractivity contribution in [2.75, 3.05) is 17.5 Å². The van der Waals surface area contributed by atoms with Crippen LogP contribution in [-0.4, -0.2) is 50.4 Å². The molecule has 2 amide bonds. The van der Waals surface area contributed by atoms with Crippen molar-refractivity contribution < 1.29 is 22.7 Å². The number of anilines is 1. The Morgan fingerprint density at radius 1 is 0.925 bits per heavy atom. The minimum atomic E-state index is -4.19. The second-order valence-corrected chi connectivity index (χ2v) is 11.6. The second-order valence-electron chi connectivity index (χ2n) is 9.33. The third-order valence-electron chi connectivity index (χ3n) is 6.51. The van der Waals surface area contributed by atoms with E-state index in [1.807, 2.05) is 13.8 Å². The first-order valence-corrected chi connectivity index (χ1v) is 15.0. The van der Waals surface area contributed by atoms with E-state index in [9.17, 15) is 18.0 Å². The number of benzene rings is 3. The van der Waals surface area contributed by atoms with Gasteiger partial charge < -0.3 is 15.0 Å². The number of nitrogens with zero attached hydrogens (tertiary/aromatic N) is 2. The highest BCUT2D eigenvalue weighted by molar-refractivity contribution is 7.92. The Kier molecular flexibility index (Phi) is 11.0. The number of ether oxygens (including phenoxy) is 1. The summed E-state index contributed by atoms with van der Waals surface area (Å²) in [7, 11) is -4.19. The summed E-state index contributed by atoms with van der Waals surface area (Å²) in [5.74, 6) is -0.600. The molecule has 0 spiro atoms. The van der Waals surface area contributed by atoms with Gasteiger partial charge in [0.15, 0.2) is 0 Å². The largest absolute Gasteiger partial charge is 0.492 e. The number of para-hydroxylation sites is 2. The molecule has 0 fully saturated rings. The van der Waals surface area contributed by atoms with Crippen LogP contribution in [0.15, 0.2) is 83.8 Å². The van der Waals surface area contributed by atoms with E-state index in [1.54, 1.807) is 80.6 Å². The van der Waals surface area contributed by atoms with Crippen LogP contribution in [0.25, 0.3) is 0 Å². The Hall–Kier alpha value is -3.56. The number of carbonyl (C=O) groups excluding carboxylic acids is 2. The zero-order chi connectivity index (χ0) is 29.3. The molecule has 214 valence electrons. The summed E-state index contributed by atoms with van der Waals surface area (Å²) in [6.07, 6.45) is 0.716. The van der Waals surface area contributed by atoms with E-state index in [-0.39, 0.29) is 29.1 Å². The molecule has 3 aromatic rings. The van der Waals surface area contributed by atoms with Gasteiger partial charge in [0.05, 0.1) is 17.2 Å². The summed E-state index contributed by atoms with van der Waals surface area (Å²) in [6, 6.07) is 20.6. The van der Waals surface area contributed by atoms with Crippen LogP contribution >= 0.6 is 11.6 Å². The topological polar surface area (TPSA) is 96.0 Å². The van der Waals surface area contributed by atoms with Crippen LogP contribution in [0.2, 0.25) is 5.02 Å². The molecule has 0 bridgehead atoms. The second kappa shape index (κ2) is 14.2. The lowest BCUT2D eigenvalue weighted by Gasteiger charge is -2.33. The molecule has 0 unspecified atom stereocenters. The maximum absolute atomic E-state index is 14.0. The molecule has 0 aromatic heterocycles. The molecule has 40 heavy (non-hydrogen) atoms. The smallest absolute Gasteiger partial charge is 0.264 e. The predicted molar refractivity (Wildman–Crippen MR) is 158 cm³/mol. The lowest BCUT2D eigenvalue weighted by atomic mass is 10.1. The number of hydrogen-bond acceptors (Lipinski definition) is 5. The number of nitrogens with one attached hydrogen (secondary N) is 1. The highest BCUT2D eigenvalue weighted by atomic mass is 35.5. The van der Waals surface area contributed by atoms with E-state index in [4.69, 9.17) is 16.3 Å². The summed E-state index contributed by atoms with van der Waals surface area (Å²) in [4.78, 5) is 28.6. The van der Waals surface area contributed by atoms with Crippen LogP contribution in [0.3, 0.4) is 0 Å². The van der Waals surface area contributed by atoms with Gasteiger partial charge in [-0.1, -0.05) is 67.1 Å². The van der Waals surface area contributed by atoms with Crippen molar-refractivity contribution in [1.82, 2.24) is 10.2 Å². The quantitative estimate of drug-likeness (QED) is 0.295. The summed E-state index contributed by atoms with van der Waals surface area (Å²) in [5, 5.41) is 3.35. The zero-order valence-corrected chi connectivity index (χ0v) is 24.8. The van der Waals surface area contributed by atoms with Crippen molar-refractivity contribution in [3.05, 3.63) is 89.4 Å². The molecule has 8 nitrogen and oxygen atoms in total. The SMILES string of the molecule is CCOc1ccccc1N(CC(=O)N(Cc1ccccc1Cl)[C@@H](C)C(=O)N[C@H](C)CC)S(=O)(=O)c1ccccc1. The molecule has 10 heteroatoms. The summed E-state index contributed by atoms with van der Waals surface area (Å²) < 4.78 is 34.7. The lowest BCUT2D eigenvalue weighted by Crippen LogP contribution is -2.52. The van der Waals surface area contributed by atoms with Gasteiger partial charge in [-0.3, -0.25) is 13.9 Å². The van der Waals surface area contributed by atoms with Gasteiger partial charge in [-0.05, 0) is 63.1 Å².